The molecule has 28 heavy (non-hydrogen) atoms. The van der Waals surface area contributed by atoms with Crippen LogP contribution in [0.1, 0.15) is 37.9 Å². The van der Waals surface area contributed by atoms with Crippen molar-refractivity contribution in [2.24, 2.45) is 0 Å². The smallest absolute Gasteiger partial charge is 0.261 e. The first-order chi connectivity index (χ1) is 13.5. The van der Waals surface area contributed by atoms with E-state index in [-0.39, 0.29) is 5.91 Å². The zero-order valence-corrected chi connectivity index (χ0v) is 16.7. The third kappa shape index (κ3) is 3.63. The zero-order valence-electron chi connectivity index (χ0n) is 15.9. The van der Waals surface area contributed by atoms with Gasteiger partial charge in [0.25, 0.3) is 5.91 Å². The number of amides is 1. The summed E-state index contributed by atoms with van der Waals surface area (Å²) in [4.78, 5) is 27.1. The van der Waals surface area contributed by atoms with E-state index in [2.05, 4.69) is 25.4 Å². The van der Waals surface area contributed by atoms with Gasteiger partial charge in [0.05, 0.1) is 11.4 Å². The molecule has 0 spiro atoms. The summed E-state index contributed by atoms with van der Waals surface area (Å²) in [6.45, 7) is 6.93. The Morgan fingerprint density at radius 3 is 2.57 bits per heavy atom. The maximum Gasteiger partial charge on any atom is 0.261 e. The van der Waals surface area contributed by atoms with Crippen molar-refractivity contribution in [3.05, 3.63) is 70.0 Å². The summed E-state index contributed by atoms with van der Waals surface area (Å²) < 4.78 is 1.77. The van der Waals surface area contributed by atoms with Crippen LogP contribution in [0.2, 0.25) is 0 Å². The van der Waals surface area contributed by atoms with E-state index in [4.69, 9.17) is 0 Å². The normalized spacial score (nSPS) is 11.1. The average Bonchev–Trinajstić information content (AvgIpc) is 3.28. The van der Waals surface area contributed by atoms with Crippen molar-refractivity contribution in [3.63, 3.8) is 0 Å². The van der Waals surface area contributed by atoms with Gasteiger partial charge in [0.15, 0.2) is 0 Å². The van der Waals surface area contributed by atoms with Gasteiger partial charge < -0.3 is 5.32 Å². The molecule has 3 heterocycles. The fourth-order valence-electron chi connectivity index (χ4n) is 3.22. The lowest BCUT2D eigenvalue weighted by molar-refractivity contribution is 0.0954. The van der Waals surface area contributed by atoms with Gasteiger partial charge in [0.2, 0.25) is 0 Å². The summed E-state index contributed by atoms with van der Waals surface area (Å²) in [6, 6.07) is 8.11. The molecule has 8 heteroatoms. The van der Waals surface area contributed by atoms with Crippen LogP contribution in [-0.4, -0.2) is 30.6 Å². The lowest BCUT2D eigenvalue weighted by atomic mass is 10.1. The molecule has 0 saturated carbocycles. The van der Waals surface area contributed by atoms with Crippen molar-refractivity contribution >= 4 is 27.5 Å². The van der Waals surface area contributed by atoms with Crippen LogP contribution >= 0.6 is 11.3 Å². The number of nitrogens with one attached hydrogen (secondary N) is 1. The number of fused-ring (bicyclic) bond motifs is 1. The summed E-state index contributed by atoms with van der Waals surface area (Å²) in [5, 5.41) is 8.10. The van der Waals surface area contributed by atoms with E-state index in [9.17, 15) is 4.79 Å². The van der Waals surface area contributed by atoms with Crippen LogP contribution in [0.4, 0.5) is 0 Å². The van der Waals surface area contributed by atoms with Crippen LogP contribution in [0.5, 0.6) is 0 Å². The van der Waals surface area contributed by atoms with Gasteiger partial charge in [-0.25, -0.2) is 19.6 Å². The third-order valence-corrected chi connectivity index (χ3v) is 5.76. The molecule has 3 aromatic heterocycles. The van der Waals surface area contributed by atoms with Crippen molar-refractivity contribution in [2.45, 2.75) is 33.9 Å². The van der Waals surface area contributed by atoms with Crippen LogP contribution < -0.4 is 5.32 Å². The molecule has 0 aliphatic carbocycles. The number of carbonyl (C=O) groups excluding carboxylic acids is 1. The molecule has 0 unspecified atom stereocenters. The molecule has 0 aliphatic rings. The molecule has 1 amide bonds. The molecule has 1 N–H and O–H groups in total. The molecule has 4 rings (SSSR count). The Balaban J connectivity index is 1.45. The number of benzene rings is 1. The lowest BCUT2D eigenvalue weighted by Gasteiger charge is -2.07. The highest BCUT2D eigenvalue weighted by atomic mass is 32.1. The Bertz CT molecular complexity index is 1130. The van der Waals surface area contributed by atoms with Gasteiger partial charge in [0.1, 0.15) is 23.3 Å². The Morgan fingerprint density at radius 1 is 1.11 bits per heavy atom. The van der Waals surface area contributed by atoms with E-state index in [0.29, 0.717) is 18.0 Å². The van der Waals surface area contributed by atoms with Gasteiger partial charge in [-0.05, 0) is 37.5 Å². The number of rotatable bonds is 5. The number of hydrogen-bond acceptors (Lipinski definition) is 6. The molecule has 0 bridgehead atoms. The van der Waals surface area contributed by atoms with Gasteiger partial charge in [-0.2, -0.15) is 5.10 Å². The van der Waals surface area contributed by atoms with Crippen LogP contribution in [0.3, 0.4) is 0 Å². The molecule has 4 aromatic rings. The standard InChI is InChI=1S/C20H20N6OS/c1-12-17-13(2)24-14(3)25-20(17)28-18(12)19(27)22-8-15-4-6-16(7-5-15)9-26-11-21-10-23-26/h4-7,10-11H,8-9H2,1-3H3,(H,22,27). The van der Waals surface area contributed by atoms with Gasteiger partial charge in [0, 0.05) is 17.6 Å². The minimum atomic E-state index is -0.0794. The zero-order chi connectivity index (χ0) is 19.7. The SMILES string of the molecule is Cc1nc(C)c2c(C)c(C(=O)NCc3ccc(Cn4cncn4)cc3)sc2n1. The Kier molecular flexibility index (Phi) is 4.87. The second kappa shape index (κ2) is 7.47. The molecule has 142 valence electrons. The summed E-state index contributed by atoms with van der Waals surface area (Å²) in [6.07, 6.45) is 3.21. The molecule has 0 atom stereocenters. The van der Waals surface area contributed by atoms with Crippen LogP contribution in [0.15, 0.2) is 36.9 Å². The number of carbonyl (C=O) groups is 1. The Hall–Kier alpha value is -3.13. The van der Waals surface area contributed by atoms with Gasteiger partial charge in [-0.1, -0.05) is 24.3 Å². The van der Waals surface area contributed by atoms with Crippen molar-refractivity contribution < 1.29 is 4.79 Å². The maximum atomic E-state index is 12.7. The van der Waals surface area contributed by atoms with Crippen molar-refractivity contribution in [1.82, 2.24) is 30.0 Å². The maximum absolute atomic E-state index is 12.7. The largest absolute Gasteiger partial charge is 0.347 e. The topological polar surface area (TPSA) is 85.6 Å². The predicted octanol–water partition coefficient (Wildman–Crippen LogP) is 3.19. The molecule has 0 saturated heterocycles. The van der Waals surface area contributed by atoms with Crippen LogP contribution in [-0.2, 0) is 13.1 Å². The molecule has 7 nitrogen and oxygen atoms in total. The first-order valence-corrected chi connectivity index (χ1v) is 9.75. The summed E-state index contributed by atoms with van der Waals surface area (Å²) >= 11 is 1.42. The van der Waals surface area contributed by atoms with E-state index in [1.165, 1.54) is 17.7 Å². The minimum Gasteiger partial charge on any atom is -0.347 e. The third-order valence-electron chi connectivity index (χ3n) is 4.58. The highest BCUT2D eigenvalue weighted by Gasteiger charge is 2.18. The molecular formula is C20H20N6OS. The van der Waals surface area contributed by atoms with E-state index >= 15 is 0 Å². The first-order valence-electron chi connectivity index (χ1n) is 8.94. The first kappa shape index (κ1) is 18.2. The average molecular weight is 392 g/mol. The highest BCUT2D eigenvalue weighted by Crippen LogP contribution is 2.31. The number of aryl methyl sites for hydroxylation is 3. The van der Waals surface area contributed by atoms with Crippen molar-refractivity contribution in [2.75, 3.05) is 0 Å². The molecular weight excluding hydrogens is 372 g/mol. The summed E-state index contributed by atoms with van der Waals surface area (Å²) in [5.74, 6) is 0.647. The predicted molar refractivity (Wildman–Crippen MR) is 108 cm³/mol. The second-order valence-corrected chi connectivity index (χ2v) is 7.68. The number of aromatic nitrogens is 5. The quantitative estimate of drug-likeness (QED) is 0.564. The Labute approximate surface area is 166 Å². The molecule has 0 radical (unpaired) electrons. The number of hydrogen-bond donors (Lipinski definition) is 1. The van der Waals surface area contributed by atoms with Crippen molar-refractivity contribution in [3.8, 4) is 0 Å². The number of nitrogens with zero attached hydrogens (tertiary/aromatic N) is 5. The minimum absolute atomic E-state index is 0.0794. The summed E-state index contributed by atoms with van der Waals surface area (Å²) in [7, 11) is 0. The van der Waals surface area contributed by atoms with Crippen LogP contribution in [0.25, 0.3) is 10.2 Å². The Morgan fingerprint density at radius 2 is 1.86 bits per heavy atom. The fraction of sp³-hybridized carbons (Fsp3) is 0.250. The van der Waals surface area contributed by atoms with Crippen molar-refractivity contribution in [1.29, 1.82) is 0 Å². The second-order valence-electron chi connectivity index (χ2n) is 6.68. The fourth-order valence-corrected chi connectivity index (χ4v) is 4.41. The van der Waals surface area contributed by atoms with Gasteiger partial charge >= 0.3 is 0 Å². The molecule has 0 aliphatic heterocycles. The van der Waals surface area contributed by atoms with E-state index < -0.39 is 0 Å². The van der Waals surface area contributed by atoms with Crippen LogP contribution in [0, 0.1) is 20.8 Å². The van der Waals surface area contributed by atoms with E-state index in [1.807, 2.05) is 45.0 Å². The highest BCUT2D eigenvalue weighted by molar-refractivity contribution is 7.20. The summed E-state index contributed by atoms with van der Waals surface area (Å²) in [5.41, 5.74) is 4.03. The number of thiophene rings is 1. The monoisotopic (exact) mass is 392 g/mol. The van der Waals surface area contributed by atoms with Gasteiger partial charge in [-0.3, -0.25) is 4.79 Å². The molecule has 1 aromatic carbocycles. The van der Waals surface area contributed by atoms with E-state index in [1.54, 1.807) is 11.0 Å². The molecule has 0 fully saturated rings. The lowest BCUT2D eigenvalue weighted by Crippen LogP contribution is -2.22. The van der Waals surface area contributed by atoms with E-state index in [0.717, 1.165) is 38.4 Å². The van der Waals surface area contributed by atoms with Gasteiger partial charge in [-0.15, -0.1) is 11.3 Å².